The summed E-state index contributed by atoms with van der Waals surface area (Å²) in [4.78, 5) is 33.5. The summed E-state index contributed by atoms with van der Waals surface area (Å²) in [6.07, 6.45) is 6.01. The highest BCUT2D eigenvalue weighted by Crippen LogP contribution is 2.32. The molecule has 4 N–H and O–H groups in total. The van der Waals surface area contributed by atoms with Gasteiger partial charge < -0.3 is 20.8 Å². The van der Waals surface area contributed by atoms with E-state index in [0.717, 1.165) is 37.7 Å². The number of carbonyl (C=O) groups excluding carboxylic acids is 2. The summed E-state index contributed by atoms with van der Waals surface area (Å²) in [5.74, 6) is -0.758. The summed E-state index contributed by atoms with van der Waals surface area (Å²) in [6.45, 7) is 6.43. The summed E-state index contributed by atoms with van der Waals surface area (Å²) >= 11 is 0. The lowest BCUT2D eigenvalue weighted by atomic mass is 9.87. The van der Waals surface area contributed by atoms with E-state index in [4.69, 9.17) is 0 Å². The number of β-amino-alcohol motifs (C(OH)–C–C–N with tert-alkyl or cyclic N) is 1. The fourth-order valence-corrected chi connectivity index (χ4v) is 5.10. The number of nitrogens with zero attached hydrogens (tertiary/aromatic N) is 2. The zero-order valence-electron chi connectivity index (χ0n) is 21.4. The molecular formula is C28H38N4O4. The standard InChI is InChI=1S/C28H38N4O4/c1-28(2,3)19-11-13-21(14-12-19)32(27(36)23-25(34)22(33)17-30-23)24(18-8-7-15-29-16-18)26(35)31-20-9-5-4-6-10-20/h7-8,11-16,20,22-25,30,33-34H,4-6,9-10,17H2,1-3H3,(H,31,35)/t22-,23?,24?,25-/m1/s1. The zero-order valence-corrected chi connectivity index (χ0v) is 21.4. The van der Waals surface area contributed by atoms with Gasteiger partial charge in [-0.1, -0.05) is 58.2 Å². The predicted molar refractivity (Wildman–Crippen MR) is 138 cm³/mol. The summed E-state index contributed by atoms with van der Waals surface area (Å²) < 4.78 is 0. The fraction of sp³-hybridized carbons (Fsp3) is 0.536. The van der Waals surface area contributed by atoms with Gasteiger partial charge >= 0.3 is 0 Å². The van der Waals surface area contributed by atoms with E-state index in [1.807, 2.05) is 24.3 Å². The summed E-state index contributed by atoms with van der Waals surface area (Å²) in [5, 5.41) is 26.8. The van der Waals surface area contributed by atoms with Crippen molar-refractivity contribution in [2.75, 3.05) is 11.4 Å². The van der Waals surface area contributed by atoms with Gasteiger partial charge in [-0.3, -0.25) is 19.5 Å². The van der Waals surface area contributed by atoms with Gasteiger partial charge in [0.15, 0.2) is 0 Å². The summed E-state index contributed by atoms with van der Waals surface area (Å²) in [6, 6.07) is 9.17. The molecule has 2 heterocycles. The quantitative estimate of drug-likeness (QED) is 0.491. The maximum atomic E-state index is 14.0. The Labute approximate surface area is 213 Å². The van der Waals surface area contributed by atoms with E-state index in [1.54, 1.807) is 24.5 Å². The van der Waals surface area contributed by atoms with Crippen LogP contribution in [0.5, 0.6) is 0 Å². The van der Waals surface area contributed by atoms with Gasteiger partial charge in [0.2, 0.25) is 11.8 Å². The molecule has 1 saturated carbocycles. The molecule has 1 saturated heterocycles. The number of rotatable bonds is 6. The van der Waals surface area contributed by atoms with Crippen LogP contribution in [0, 0.1) is 0 Å². The maximum Gasteiger partial charge on any atom is 0.248 e. The van der Waals surface area contributed by atoms with Gasteiger partial charge in [0.25, 0.3) is 0 Å². The Morgan fingerprint density at radius 1 is 1.08 bits per heavy atom. The van der Waals surface area contributed by atoms with Crippen LogP contribution in [0.15, 0.2) is 48.8 Å². The van der Waals surface area contributed by atoms with Gasteiger partial charge in [-0.2, -0.15) is 0 Å². The number of anilines is 1. The Bertz CT molecular complexity index is 1030. The Kier molecular flexibility index (Phi) is 8.07. The van der Waals surface area contributed by atoms with Gasteiger partial charge in [0.1, 0.15) is 18.2 Å². The minimum absolute atomic E-state index is 0.0580. The lowest BCUT2D eigenvalue weighted by Crippen LogP contribution is -2.54. The van der Waals surface area contributed by atoms with Gasteiger partial charge in [-0.25, -0.2) is 0 Å². The average molecular weight is 495 g/mol. The van der Waals surface area contributed by atoms with Crippen LogP contribution in [0.25, 0.3) is 0 Å². The first-order valence-corrected chi connectivity index (χ1v) is 12.9. The number of hydrogen-bond donors (Lipinski definition) is 4. The topological polar surface area (TPSA) is 115 Å². The van der Waals surface area contributed by atoms with Crippen molar-refractivity contribution in [3.05, 3.63) is 59.9 Å². The number of nitrogens with one attached hydrogen (secondary N) is 2. The second kappa shape index (κ2) is 11.1. The smallest absolute Gasteiger partial charge is 0.248 e. The molecule has 2 unspecified atom stereocenters. The number of hydrogen-bond acceptors (Lipinski definition) is 6. The van der Waals surface area contributed by atoms with Crippen LogP contribution in [0.4, 0.5) is 5.69 Å². The Morgan fingerprint density at radius 3 is 2.33 bits per heavy atom. The first kappa shape index (κ1) is 26.3. The van der Waals surface area contributed by atoms with Crippen LogP contribution in [0.2, 0.25) is 0 Å². The first-order chi connectivity index (χ1) is 17.2. The molecule has 2 aliphatic rings. The average Bonchev–Trinajstić information content (AvgIpc) is 3.20. The van der Waals surface area contributed by atoms with Crippen LogP contribution < -0.4 is 15.5 Å². The third kappa shape index (κ3) is 5.77. The Balaban J connectivity index is 1.76. The highest BCUT2D eigenvalue weighted by atomic mass is 16.3. The van der Waals surface area contributed by atoms with Crippen molar-refractivity contribution in [1.29, 1.82) is 0 Å². The van der Waals surface area contributed by atoms with Crippen molar-refractivity contribution in [3.8, 4) is 0 Å². The lowest BCUT2D eigenvalue weighted by Gasteiger charge is -2.35. The molecule has 0 bridgehead atoms. The normalized spacial score (nSPS) is 23.8. The lowest BCUT2D eigenvalue weighted by molar-refractivity contribution is -0.129. The van der Waals surface area contributed by atoms with Gasteiger partial charge in [-0.05, 0) is 42.0 Å². The Morgan fingerprint density at radius 2 is 1.78 bits per heavy atom. The van der Waals surface area contributed by atoms with Crippen molar-refractivity contribution < 1.29 is 19.8 Å². The molecule has 36 heavy (non-hydrogen) atoms. The molecule has 1 aliphatic heterocycles. The molecule has 8 heteroatoms. The maximum absolute atomic E-state index is 14.0. The van der Waals surface area contributed by atoms with Crippen LogP contribution in [0.1, 0.15) is 70.0 Å². The van der Waals surface area contributed by atoms with Crippen LogP contribution in [0.3, 0.4) is 0 Å². The molecule has 0 radical (unpaired) electrons. The number of pyridine rings is 1. The fourth-order valence-electron chi connectivity index (χ4n) is 5.10. The second-order valence-electron chi connectivity index (χ2n) is 11.0. The molecule has 2 amide bonds. The third-order valence-corrected chi connectivity index (χ3v) is 7.26. The van der Waals surface area contributed by atoms with Crippen molar-refractivity contribution in [2.45, 2.75) is 88.6 Å². The summed E-state index contributed by atoms with van der Waals surface area (Å²) in [7, 11) is 0. The molecule has 194 valence electrons. The molecule has 2 fully saturated rings. The number of aliphatic hydroxyl groups is 2. The first-order valence-electron chi connectivity index (χ1n) is 12.9. The molecule has 2 aromatic rings. The molecule has 1 aromatic heterocycles. The van der Waals surface area contributed by atoms with Crippen molar-refractivity contribution in [3.63, 3.8) is 0 Å². The van der Waals surface area contributed by atoms with E-state index in [9.17, 15) is 19.8 Å². The number of amides is 2. The molecular weight excluding hydrogens is 456 g/mol. The monoisotopic (exact) mass is 494 g/mol. The van der Waals surface area contributed by atoms with E-state index >= 15 is 0 Å². The van der Waals surface area contributed by atoms with Crippen molar-refractivity contribution in [2.24, 2.45) is 0 Å². The van der Waals surface area contributed by atoms with Crippen molar-refractivity contribution >= 4 is 17.5 Å². The van der Waals surface area contributed by atoms with E-state index in [1.165, 1.54) is 4.90 Å². The SMILES string of the molecule is CC(C)(C)c1ccc(N(C(=O)C2NC[C@@H](O)[C@H]2O)C(C(=O)NC2CCCCC2)c2cccnc2)cc1. The number of benzene rings is 1. The Hall–Kier alpha value is -2.81. The van der Waals surface area contributed by atoms with Crippen LogP contribution in [-0.4, -0.2) is 57.8 Å². The van der Waals surface area contributed by atoms with Gasteiger partial charge in [-0.15, -0.1) is 0 Å². The highest BCUT2D eigenvalue weighted by molar-refractivity contribution is 6.04. The van der Waals surface area contributed by atoms with Crippen LogP contribution in [-0.2, 0) is 15.0 Å². The van der Waals surface area contributed by atoms with Crippen molar-refractivity contribution in [1.82, 2.24) is 15.6 Å². The van der Waals surface area contributed by atoms with Crippen LogP contribution >= 0.6 is 0 Å². The molecule has 8 nitrogen and oxygen atoms in total. The van der Waals surface area contributed by atoms with Gasteiger partial charge in [0, 0.05) is 36.2 Å². The molecule has 0 spiro atoms. The van der Waals surface area contributed by atoms with Gasteiger partial charge in [0.05, 0.1) is 6.10 Å². The van der Waals surface area contributed by atoms with E-state index < -0.39 is 30.2 Å². The number of aliphatic hydroxyl groups excluding tert-OH is 2. The van der Waals surface area contributed by atoms with E-state index in [-0.39, 0.29) is 23.9 Å². The molecule has 4 rings (SSSR count). The molecule has 1 aliphatic carbocycles. The predicted octanol–water partition coefficient (Wildman–Crippen LogP) is 2.60. The summed E-state index contributed by atoms with van der Waals surface area (Å²) in [5.41, 5.74) is 2.13. The third-order valence-electron chi connectivity index (χ3n) is 7.26. The molecule has 1 aromatic carbocycles. The largest absolute Gasteiger partial charge is 0.389 e. The highest BCUT2D eigenvalue weighted by Gasteiger charge is 2.44. The second-order valence-corrected chi connectivity index (χ2v) is 11.0. The molecule has 4 atom stereocenters. The number of carbonyl (C=O) groups is 2. The van der Waals surface area contributed by atoms with E-state index in [0.29, 0.717) is 11.3 Å². The minimum Gasteiger partial charge on any atom is -0.389 e. The number of aromatic nitrogens is 1. The minimum atomic E-state index is -1.27. The van der Waals surface area contributed by atoms with E-state index in [2.05, 4.69) is 36.4 Å². The zero-order chi connectivity index (χ0) is 25.9.